The average Bonchev–Trinajstić information content (AvgIpc) is 2.78. The third-order valence-corrected chi connectivity index (χ3v) is 7.86. The summed E-state index contributed by atoms with van der Waals surface area (Å²) in [7, 11) is 0. The van der Waals surface area contributed by atoms with Crippen LogP contribution < -0.4 is 0 Å². The molecular formula is C29H46. The van der Waals surface area contributed by atoms with Crippen LogP contribution >= 0.6 is 0 Å². The highest BCUT2D eigenvalue weighted by Crippen LogP contribution is 2.37. The van der Waals surface area contributed by atoms with Crippen LogP contribution in [-0.2, 0) is 6.42 Å². The first kappa shape index (κ1) is 22.6. The van der Waals surface area contributed by atoms with Gasteiger partial charge in [0.05, 0.1) is 0 Å². The summed E-state index contributed by atoms with van der Waals surface area (Å²) in [6.07, 6.45) is 25.9. The van der Waals surface area contributed by atoms with Crippen LogP contribution in [0.25, 0.3) is 0 Å². The summed E-state index contributed by atoms with van der Waals surface area (Å²) in [5.74, 6) is 3.68. The fraction of sp³-hybridized carbons (Fsp3) is 0.724. The maximum Gasteiger partial charge on any atom is -0.0162 e. The molecule has 0 bridgehead atoms. The Kier molecular flexibility index (Phi) is 9.84. The molecule has 2 fully saturated rings. The number of hydrogen-bond acceptors (Lipinski definition) is 0. The standard InChI is InChI=1S/C29H46/c1-3-5-7-9-25-16-20-28(21-17-25)29-22-18-27(19-23-29)15-14-26-12-10-24(11-13-26)8-6-4-2/h7,9,18-19,22-26,28H,3-6,8,10-17,20-21H2,1-2H3/t24-,25-,26-,28-. The van der Waals surface area contributed by atoms with E-state index in [9.17, 15) is 0 Å². The van der Waals surface area contributed by atoms with Crippen LogP contribution in [0.5, 0.6) is 0 Å². The van der Waals surface area contributed by atoms with Gasteiger partial charge in [0.1, 0.15) is 0 Å². The van der Waals surface area contributed by atoms with Crippen LogP contribution in [0.1, 0.15) is 121 Å². The van der Waals surface area contributed by atoms with Crippen molar-refractivity contribution >= 4 is 0 Å². The Morgan fingerprint density at radius 2 is 1.41 bits per heavy atom. The van der Waals surface area contributed by atoms with E-state index in [1.807, 2.05) is 0 Å². The molecule has 0 heteroatoms. The van der Waals surface area contributed by atoms with Crippen LogP contribution in [-0.4, -0.2) is 0 Å². The number of rotatable bonds is 10. The van der Waals surface area contributed by atoms with Crippen LogP contribution in [0.4, 0.5) is 0 Å². The van der Waals surface area contributed by atoms with E-state index in [-0.39, 0.29) is 0 Å². The van der Waals surface area contributed by atoms with Crippen LogP contribution in [0.15, 0.2) is 36.4 Å². The fourth-order valence-electron chi connectivity index (χ4n) is 5.73. The first-order valence-corrected chi connectivity index (χ1v) is 13.0. The summed E-state index contributed by atoms with van der Waals surface area (Å²) in [5, 5.41) is 0. The monoisotopic (exact) mass is 394 g/mol. The number of hydrogen-bond donors (Lipinski definition) is 0. The van der Waals surface area contributed by atoms with Crippen LogP contribution in [0.2, 0.25) is 0 Å². The smallest absolute Gasteiger partial charge is 0.0162 e. The highest BCUT2D eigenvalue weighted by molar-refractivity contribution is 5.26. The van der Waals surface area contributed by atoms with Crippen LogP contribution in [0.3, 0.4) is 0 Å². The van der Waals surface area contributed by atoms with Crippen molar-refractivity contribution in [3.05, 3.63) is 47.5 Å². The number of unbranched alkanes of at least 4 members (excludes halogenated alkanes) is 2. The molecule has 0 saturated heterocycles. The predicted molar refractivity (Wildman–Crippen MR) is 128 cm³/mol. The minimum absolute atomic E-state index is 0.804. The zero-order valence-corrected chi connectivity index (χ0v) is 19.4. The highest BCUT2D eigenvalue weighted by atomic mass is 14.3. The molecule has 29 heavy (non-hydrogen) atoms. The predicted octanol–water partition coefficient (Wildman–Crippen LogP) is 9.25. The lowest BCUT2D eigenvalue weighted by atomic mass is 9.77. The van der Waals surface area contributed by atoms with E-state index in [1.165, 1.54) is 96.3 Å². The van der Waals surface area contributed by atoms with Crippen molar-refractivity contribution in [2.45, 2.75) is 116 Å². The molecule has 0 aliphatic heterocycles. The zero-order valence-electron chi connectivity index (χ0n) is 19.4. The largest absolute Gasteiger partial charge is 0.0883 e. The molecule has 0 radical (unpaired) electrons. The van der Waals surface area contributed by atoms with Gasteiger partial charge < -0.3 is 0 Å². The molecule has 2 saturated carbocycles. The van der Waals surface area contributed by atoms with Gasteiger partial charge in [-0.15, -0.1) is 0 Å². The van der Waals surface area contributed by atoms with E-state index in [4.69, 9.17) is 0 Å². The Hall–Kier alpha value is -1.04. The summed E-state index contributed by atoms with van der Waals surface area (Å²) in [6.45, 7) is 4.60. The topological polar surface area (TPSA) is 0 Å². The Labute approximate surface area is 181 Å². The number of benzene rings is 1. The van der Waals surface area contributed by atoms with Gasteiger partial charge in [-0.25, -0.2) is 0 Å². The minimum atomic E-state index is 0.804. The van der Waals surface area contributed by atoms with Crippen molar-refractivity contribution < 1.29 is 0 Å². The molecule has 0 unspecified atom stereocenters. The molecule has 0 nitrogen and oxygen atoms in total. The van der Waals surface area contributed by atoms with Gasteiger partial charge >= 0.3 is 0 Å². The highest BCUT2D eigenvalue weighted by Gasteiger charge is 2.22. The maximum atomic E-state index is 2.50. The molecule has 0 N–H and O–H groups in total. The van der Waals surface area contributed by atoms with Crippen molar-refractivity contribution in [2.24, 2.45) is 17.8 Å². The molecule has 0 amide bonds. The van der Waals surface area contributed by atoms with Gasteiger partial charge in [-0.1, -0.05) is 102 Å². The summed E-state index contributed by atoms with van der Waals surface area (Å²) in [6, 6.07) is 9.79. The Balaban J connectivity index is 1.36. The fourth-order valence-corrected chi connectivity index (χ4v) is 5.73. The number of aryl methyl sites for hydroxylation is 1. The van der Waals surface area contributed by atoms with Gasteiger partial charge in [-0.2, -0.15) is 0 Å². The quantitative estimate of drug-likeness (QED) is 0.347. The summed E-state index contributed by atoms with van der Waals surface area (Å²) in [4.78, 5) is 0. The van der Waals surface area contributed by atoms with Gasteiger partial charge in [0.15, 0.2) is 0 Å². The lowest BCUT2D eigenvalue weighted by Crippen LogP contribution is -2.15. The lowest BCUT2D eigenvalue weighted by molar-refractivity contribution is 0.250. The van der Waals surface area contributed by atoms with E-state index in [0.29, 0.717) is 0 Å². The first-order chi connectivity index (χ1) is 14.3. The molecule has 1 aromatic carbocycles. The van der Waals surface area contributed by atoms with Gasteiger partial charge in [0.2, 0.25) is 0 Å². The third kappa shape index (κ3) is 7.62. The van der Waals surface area contributed by atoms with Gasteiger partial charge in [-0.3, -0.25) is 0 Å². The summed E-state index contributed by atoms with van der Waals surface area (Å²) in [5.41, 5.74) is 3.17. The van der Waals surface area contributed by atoms with Crippen LogP contribution in [0, 0.1) is 17.8 Å². The van der Waals surface area contributed by atoms with E-state index in [2.05, 4.69) is 50.3 Å². The summed E-state index contributed by atoms with van der Waals surface area (Å²) >= 11 is 0. The number of allylic oxidation sites excluding steroid dienone is 2. The van der Waals surface area contributed by atoms with E-state index in [1.54, 1.807) is 11.1 Å². The van der Waals surface area contributed by atoms with Crippen molar-refractivity contribution in [3.63, 3.8) is 0 Å². The molecule has 162 valence electrons. The molecule has 0 heterocycles. The third-order valence-electron chi connectivity index (χ3n) is 7.86. The van der Waals surface area contributed by atoms with Gasteiger partial charge in [-0.05, 0) is 79.7 Å². The summed E-state index contributed by atoms with van der Waals surface area (Å²) < 4.78 is 0. The Morgan fingerprint density at radius 1 is 0.759 bits per heavy atom. The van der Waals surface area contributed by atoms with E-state index in [0.717, 1.165) is 23.7 Å². The van der Waals surface area contributed by atoms with Crippen molar-refractivity contribution in [2.75, 3.05) is 0 Å². The normalized spacial score (nSPS) is 28.1. The van der Waals surface area contributed by atoms with E-state index >= 15 is 0 Å². The average molecular weight is 395 g/mol. The minimum Gasteiger partial charge on any atom is -0.0883 e. The van der Waals surface area contributed by atoms with Crippen molar-refractivity contribution in [3.8, 4) is 0 Å². The molecule has 3 rings (SSSR count). The molecule has 0 spiro atoms. The Bertz CT molecular complexity index is 565. The van der Waals surface area contributed by atoms with Gasteiger partial charge in [0.25, 0.3) is 0 Å². The molecule has 2 aliphatic carbocycles. The van der Waals surface area contributed by atoms with Gasteiger partial charge in [0, 0.05) is 0 Å². The van der Waals surface area contributed by atoms with Crippen molar-refractivity contribution in [1.82, 2.24) is 0 Å². The molecular weight excluding hydrogens is 348 g/mol. The second kappa shape index (κ2) is 12.6. The van der Waals surface area contributed by atoms with Crippen molar-refractivity contribution in [1.29, 1.82) is 0 Å². The zero-order chi connectivity index (χ0) is 20.3. The second-order valence-electron chi connectivity index (χ2n) is 10.1. The molecule has 1 aromatic rings. The Morgan fingerprint density at radius 3 is 2.03 bits per heavy atom. The van der Waals surface area contributed by atoms with E-state index < -0.39 is 0 Å². The maximum absolute atomic E-state index is 2.50. The lowest BCUT2D eigenvalue weighted by Gasteiger charge is -2.28. The second-order valence-corrected chi connectivity index (χ2v) is 10.1. The molecule has 0 aromatic heterocycles. The molecule has 2 aliphatic rings. The first-order valence-electron chi connectivity index (χ1n) is 13.0. The SMILES string of the molecule is CCCC=C[C@H]1CC[C@H](c2ccc(CC[C@H]3CC[C@H](CCCC)CC3)cc2)CC1. The molecule has 0 atom stereocenters.